The molecule has 2 aromatic rings. The Kier molecular flexibility index (Phi) is 4.84. The fourth-order valence-corrected chi connectivity index (χ4v) is 4.78. The van der Waals surface area contributed by atoms with E-state index in [1.54, 1.807) is 23.0 Å². The lowest BCUT2D eigenvalue weighted by atomic mass is 9.81. The molecule has 2 fully saturated rings. The molecule has 2 atom stereocenters. The van der Waals surface area contributed by atoms with Gasteiger partial charge in [0.25, 0.3) is 0 Å². The predicted molar refractivity (Wildman–Crippen MR) is 103 cm³/mol. The Bertz CT molecular complexity index is 875. The minimum Gasteiger partial charge on any atom is -0.274 e. The van der Waals surface area contributed by atoms with Crippen LogP contribution in [0, 0.1) is 11.8 Å². The van der Waals surface area contributed by atoms with Crippen molar-refractivity contribution in [2.45, 2.75) is 32.2 Å². The normalized spacial score (nSPS) is 22.8. The van der Waals surface area contributed by atoms with Gasteiger partial charge in [-0.15, -0.1) is 0 Å². The lowest BCUT2D eigenvalue weighted by Crippen LogP contribution is -2.31. The maximum atomic E-state index is 12.8. The van der Waals surface area contributed by atoms with Gasteiger partial charge < -0.3 is 0 Å². The number of nitrogens with zero attached hydrogens (tertiary/aromatic N) is 3. The van der Waals surface area contributed by atoms with Gasteiger partial charge in [-0.05, 0) is 46.5 Å². The minimum absolute atomic E-state index is 0.129. The number of aromatic nitrogens is 2. The summed E-state index contributed by atoms with van der Waals surface area (Å²) in [5.41, 5.74) is 0.852. The Morgan fingerprint density at radius 1 is 1.12 bits per heavy atom. The van der Waals surface area contributed by atoms with Gasteiger partial charge >= 0.3 is 0 Å². The standard InChI is InChI=1S/C18H16BrCl2N3O2/c19-14-9-23(8-10-5-6-11(20)7-15(10)21)22-16(14)24-17(25)12-3-1-2-4-13(12)18(24)26/h5-7,9,12-13H,1-4,8H2/t12-,13-/m0/s1. The summed E-state index contributed by atoms with van der Waals surface area (Å²) < 4.78 is 2.28. The first-order valence-corrected chi connectivity index (χ1v) is 10.1. The van der Waals surface area contributed by atoms with E-state index in [1.165, 1.54) is 4.90 Å². The molecule has 8 heteroatoms. The molecule has 1 saturated carbocycles. The molecular weight excluding hydrogens is 441 g/mol. The average molecular weight is 457 g/mol. The third-order valence-corrected chi connectivity index (χ3v) is 6.25. The van der Waals surface area contributed by atoms with Gasteiger partial charge in [-0.1, -0.05) is 42.1 Å². The van der Waals surface area contributed by atoms with Crippen molar-refractivity contribution in [1.82, 2.24) is 9.78 Å². The molecule has 0 bridgehead atoms. The number of fused-ring (bicyclic) bond motifs is 1. The fraction of sp³-hybridized carbons (Fsp3) is 0.389. The number of rotatable bonds is 3. The summed E-state index contributed by atoms with van der Waals surface area (Å²) in [6, 6.07) is 5.27. The molecule has 1 aromatic carbocycles. The van der Waals surface area contributed by atoms with Gasteiger partial charge in [-0.2, -0.15) is 5.10 Å². The number of hydrogen-bond donors (Lipinski definition) is 0. The third-order valence-electron chi connectivity index (χ3n) is 5.10. The Labute approximate surface area is 169 Å². The molecule has 4 rings (SSSR count). The van der Waals surface area contributed by atoms with Crippen LogP contribution in [0.5, 0.6) is 0 Å². The summed E-state index contributed by atoms with van der Waals surface area (Å²) in [6.45, 7) is 0.414. The quantitative estimate of drug-likeness (QED) is 0.630. The van der Waals surface area contributed by atoms with Crippen molar-refractivity contribution in [3.63, 3.8) is 0 Å². The van der Waals surface area contributed by atoms with E-state index in [1.807, 2.05) is 6.07 Å². The predicted octanol–water partition coefficient (Wildman–Crippen LogP) is 4.68. The third kappa shape index (κ3) is 3.08. The van der Waals surface area contributed by atoms with Gasteiger partial charge in [0.05, 0.1) is 22.9 Å². The highest BCUT2D eigenvalue weighted by Crippen LogP contribution is 2.41. The van der Waals surface area contributed by atoms with Gasteiger partial charge in [0.1, 0.15) is 0 Å². The molecule has 2 amide bonds. The van der Waals surface area contributed by atoms with Crippen molar-refractivity contribution in [3.05, 3.63) is 44.5 Å². The first-order chi connectivity index (χ1) is 12.5. The van der Waals surface area contributed by atoms with Crippen LogP contribution in [0.2, 0.25) is 10.0 Å². The van der Waals surface area contributed by atoms with E-state index in [0.717, 1.165) is 31.2 Å². The molecule has 0 spiro atoms. The van der Waals surface area contributed by atoms with Crippen molar-refractivity contribution in [2.75, 3.05) is 4.90 Å². The Morgan fingerprint density at radius 2 is 1.77 bits per heavy atom. The molecule has 5 nitrogen and oxygen atoms in total. The molecule has 1 aliphatic carbocycles. The van der Waals surface area contributed by atoms with Crippen molar-refractivity contribution < 1.29 is 9.59 Å². The van der Waals surface area contributed by atoms with Gasteiger partial charge in [0.15, 0.2) is 5.82 Å². The number of carbonyl (C=O) groups excluding carboxylic acids is 2. The van der Waals surface area contributed by atoms with E-state index in [-0.39, 0.29) is 23.7 Å². The first-order valence-electron chi connectivity index (χ1n) is 8.50. The largest absolute Gasteiger partial charge is 0.274 e. The van der Waals surface area contributed by atoms with Crippen molar-refractivity contribution in [1.29, 1.82) is 0 Å². The fourth-order valence-electron chi connectivity index (χ4n) is 3.81. The highest BCUT2D eigenvalue weighted by atomic mass is 79.9. The molecule has 0 unspecified atom stereocenters. The average Bonchev–Trinajstić information content (AvgIpc) is 3.08. The van der Waals surface area contributed by atoms with E-state index in [0.29, 0.717) is 26.9 Å². The SMILES string of the molecule is O=C1[C@H]2CCCC[C@@H]2C(=O)N1c1nn(Cc2ccc(Cl)cc2Cl)cc1Br. The molecule has 0 radical (unpaired) electrons. The molecule has 2 heterocycles. The maximum Gasteiger partial charge on any atom is 0.238 e. The second-order valence-corrected chi connectivity index (χ2v) is 8.44. The van der Waals surface area contributed by atoms with E-state index >= 15 is 0 Å². The summed E-state index contributed by atoms with van der Waals surface area (Å²) >= 11 is 15.6. The van der Waals surface area contributed by atoms with Crippen LogP contribution in [-0.4, -0.2) is 21.6 Å². The highest BCUT2D eigenvalue weighted by Gasteiger charge is 2.50. The van der Waals surface area contributed by atoms with Crippen LogP contribution in [0.3, 0.4) is 0 Å². The van der Waals surface area contributed by atoms with E-state index in [2.05, 4.69) is 21.0 Å². The summed E-state index contributed by atoms with van der Waals surface area (Å²) in [4.78, 5) is 26.8. The van der Waals surface area contributed by atoms with Gasteiger partial charge in [0.2, 0.25) is 11.8 Å². The number of anilines is 1. The van der Waals surface area contributed by atoms with Crippen molar-refractivity contribution in [3.8, 4) is 0 Å². The van der Waals surface area contributed by atoms with Crippen LogP contribution in [0.1, 0.15) is 31.2 Å². The van der Waals surface area contributed by atoms with Crippen LogP contribution >= 0.6 is 39.1 Å². The van der Waals surface area contributed by atoms with Crippen LogP contribution in [0.4, 0.5) is 5.82 Å². The first kappa shape index (κ1) is 18.0. The Balaban J connectivity index is 1.62. The van der Waals surface area contributed by atoms with Gasteiger partial charge in [-0.25, -0.2) is 4.90 Å². The molecule has 26 heavy (non-hydrogen) atoms. The molecule has 136 valence electrons. The van der Waals surface area contributed by atoms with Crippen LogP contribution < -0.4 is 4.90 Å². The second kappa shape index (κ2) is 6.98. The van der Waals surface area contributed by atoms with Crippen molar-refractivity contribution in [2.24, 2.45) is 11.8 Å². The van der Waals surface area contributed by atoms with Crippen molar-refractivity contribution >= 4 is 56.8 Å². The van der Waals surface area contributed by atoms with Crippen LogP contribution in [0.15, 0.2) is 28.9 Å². The Hall–Kier alpha value is -1.37. The summed E-state index contributed by atoms with van der Waals surface area (Å²) in [5.74, 6) is -0.289. The summed E-state index contributed by atoms with van der Waals surface area (Å²) in [5, 5.41) is 5.58. The molecular formula is C18H16BrCl2N3O2. The van der Waals surface area contributed by atoms with Gasteiger partial charge in [0, 0.05) is 16.2 Å². The van der Waals surface area contributed by atoms with Crippen LogP contribution in [0.25, 0.3) is 0 Å². The lowest BCUT2D eigenvalue weighted by molar-refractivity contribution is -0.122. The minimum atomic E-state index is -0.195. The monoisotopic (exact) mass is 455 g/mol. The number of benzene rings is 1. The molecule has 2 aliphatic rings. The van der Waals surface area contributed by atoms with Crippen LogP contribution in [-0.2, 0) is 16.1 Å². The zero-order valence-corrected chi connectivity index (χ0v) is 16.9. The molecule has 1 aromatic heterocycles. The van der Waals surface area contributed by atoms with E-state index < -0.39 is 0 Å². The number of carbonyl (C=O) groups is 2. The second-order valence-electron chi connectivity index (χ2n) is 6.74. The smallest absolute Gasteiger partial charge is 0.238 e. The maximum absolute atomic E-state index is 12.8. The lowest BCUT2D eigenvalue weighted by Gasteiger charge is -2.19. The molecule has 0 N–H and O–H groups in total. The molecule has 1 aliphatic heterocycles. The zero-order chi connectivity index (χ0) is 18.4. The topological polar surface area (TPSA) is 55.2 Å². The Morgan fingerprint density at radius 3 is 2.38 bits per heavy atom. The number of amides is 2. The number of hydrogen-bond acceptors (Lipinski definition) is 3. The zero-order valence-electron chi connectivity index (χ0n) is 13.8. The van der Waals surface area contributed by atoms with E-state index in [9.17, 15) is 9.59 Å². The van der Waals surface area contributed by atoms with E-state index in [4.69, 9.17) is 23.2 Å². The van der Waals surface area contributed by atoms with Gasteiger partial charge in [-0.3, -0.25) is 14.3 Å². The highest BCUT2D eigenvalue weighted by molar-refractivity contribution is 9.10. The number of halogens is 3. The molecule has 1 saturated heterocycles. The summed E-state index contributed by atoms with van der Waals surface area (Å²) in [6.07, 6.45) is 5.31. The number of imide groups is 1. The summed E-state index contributed by atoms with van der Waals surface area (Å²) in [7, 11) is 0.